The predicted octanol–water partition coefficient (Wildman–Crippen LogP) is 10.5. The highest BCUT2D eigenvalue weighted by atomic mass is 32.2. The zero-order valence-electron chi connectivity index (χ0n) is 36.4. The molecule has 59 heavy (non-hydrogen) atoms. The van der Waals surface area contributed by atoms with Gasteiger partial charge in [-0.1, -0.05) is 71.9 Å². The molecule has 1 atom stereocenters. The summed E-state index contributed by atoms with van der Waals surface area (Å²) in [4.78, 5) is 4.93. The summed E-state index contributed by atoms with van der Waals surface area (Å²) in [6.45, 7) is 15.5. The summed E-state index contributed by atoms with van der Waals surface area (Å²) < 4.78 is 65.2. The summed E-state index contributed by atoms with van der Waals surface area (Å²) in [6, 6.07) is 9.34. The van der Waals surface area contributed by atoms with Crippen molar-refractivity contribution in [3.05, 3.63) is 104 Å². The molecule has 10 heteroatoms. The van der Waals surface area contributed by atoms with E-state index in [4.69, 9.17) is 0 Å². The fourth-order valence-electron chi connectivity index (χ4n) is 11.5. The highest BCUT2D eigenvalue weighted by molar-refractivity contribution is 7.86. The first-order chi connectivity index (χ1) is 27.9. The minimum absolute atomic E-state index is 0.104. The first kappa shape index (κ1) is 43.9. The van der Waals surface area contributed by atoms with Gasteiger partial charge in [-0.3, -0.25) is 9.11 Å². The first-order valence-corrected chi connectivity index (χ1v) is 25.7. The van der Waals surface area contributed by atoms with Crippen LogP contribution in [0.2, 0.25) is 0 Å². The van der Waals surface area contributed by atoms with E-state index in [0.717, 1.165) is 51.5 Å². The van der Waals surface area contributed by atoms with Crippen LogP contribution >= 0.6 is 0 Å². The normalized spacial score (nSPS) is 22.8. The van der Waals surface area contributed by atoms with Crippen LogP contribution in [0.3, 0.4) is 0 Å². The molecule has 5 aliphatic rings. The van der Waals surface area contributed by atoms with Gasteiger partial charge >= 0.3 is 0 Å². The Balaban J connectivity index is 1.24. The Morgan fingerprint density at radius 2 is 1.27 bits per heavy atom. The molecular weight excluding hydrogens is 777 g/mol. The summed E-state index contributed by atoms with van der Waals surface area (Å²) >= 11 is 0. The Morgan fingerprint density at radius 1 is 0.695 bits per heavy atom. The van der Waals surface area contributed by atoms with Crippen LogP contribution in [-0.4, -0.2) is 56.6 Å². The van der Waals surface area contributed by atoms with Crippen LogP contribution in [0.25, 0.3) is 0 Å². The van der Waals surface area contributed by atoms with E-state index >= 15 is 0 Å². The lowest BCUT2D eigenvalue weighted by molar-refractivity contribution is 0.462. The number of anilines is 2. The van der Waals surface area contributed by atoms with Gasteiger partial charge in [-0.25, -0.2) is 0 Å². The molecular formula is C49H68N2O6S2. The average Bonchev–Trinajstić information content (AvgIpc) is 3.53. The zero-order chi connectivity index (χ0) is 42.3. The average molecular weight is 845 g/mol. The zero-order valence-corrected chi connectivity index (χ0v) is 38.1. The van der Waals surface area contributed by atoms with Crippen molar-refractivity contribution in [1.29, 1.82) is 0 Å². The Bertz CT molecular complexity index is 2280. The van der Waals surface area contributed by atoms with Crippen molar-refractivity contribution in [3.63, 3.8) is 0 Å². The second kappa shape index (κ2) is 17.3. The minimum atomic E-state index is -4.01. The maximum atomic E-state index is 11.6. The van der Waals surface area contributed by atoms with E-state index in [1.165, 1.54) is 92.9 Å². The number of hydrogen-bond acceptors (Lipinski definition) is 6. The lowest BCUT2D eigenvalue weighted by Crippen LogP contribution is -2.40. The van der Waals surface area contributed by atoms with Crippen LogP contribution in [0.5, 0.6) is 0 Å². The highest BCUT2D eigenvalue weighted by Crippen LogP contribution is 2.52. The Kier molecular flexibility index (Phi) is 12.9. The number of benzene rings is 2. The monoisotopic (exact) mass is 844 g/mol. The van der Waals surface area contributed by atoms with Gasteiger partial charge in [0, 0.05) is 41.0 Å². The van der Waals surface area contributed by atoms with Gasteiger partial charge < -0.3 is 9.80 Å². The molecule has 0 amide bonds. The molecule has 0 saturated carbocycles. The van der Waals surface area contributed by atoms with Crippen molar-refractivity contribution in [2.75, 3.05) is 34.4 Å². The van der Waals surface area contributed by atoms with E-state index in [9.17, 15) is 25.9 Å². The molecule has 3 aliphatic carbocycles. The molecule has 2 aromatic carbocycles. The van der Waals surface area contributed by atoms with Crippen molar-refractivity contribution in [1.82, 2.24) is 0 Å². The Hall–Kier alpha value is -3.18. The standard InChI is InChI=1S/C49H68N2O6S2/c1-34(2)45-37(24-28-43-48(3,4)46-39-20-9-7-16-35(39)22-26-41(46)50(43)30-11-13-32-58(52,53)54)18-15-19-38(45)25-29-44-49(5,6)47-40-21-10-8-17-36(40)23-27-42(47)51(44)31-12-14-33-59(55,56)57/h22-29,34,43H,7-21,30-33H2,1-6H3,(H,52,53,54)(H,55,56,57)/b28-24+,38-25+,44-29+. The van der Waals surface area contributed by atoms with Crippen LogP contribution in [0, 0.1) is 5.92 Å². The first-order valence-electron chi connectivity index (χ1n) is 22.5. The molecule has 0 spiro atoms. The van der Waals surface area contributed by atoms with E-state index < -0.39 is 20.2 Å². The Morgan fingerprint density at radius 3 is 1.88 bits per heavy atom. The summed E-state index contributed by atoms with van der Waals surface area (Å²) in [6.07, 6.45) is 24.2. The molecule has 0 radical (unpaired) electrons. The fourth-order valence-corrected chi connectivity index (χ4v) is 12.6. The van der Waals surface area contributed by atoms with Gasteiger partial charge in [0.25, 0.3) is 20.2 Å². The smallest absolute Gasteiger partial charge is 0.264 e. The lowest BCUT2D eigenvalue weighted by atomic mass is 9.74. The number of fused-ring (bicyclic) bond motifs is 6. The van der Waals surface area contributed by atoms with Crippen molar-refractivity contribution in [3.8, 4) is 0 Å². The molecule has 7 rings (SSSR count). The van der Waals surface area contributed by atoms with Gasteiger partial charge in [0.1, 0.15) is 0 Å². The molecule has 0 saturated heterocycles. The van der Waals surface area contributed by atoms with Gasteiger partial charge in [0.2, 0.25) is 0 Å². The molecule has 2 heterocycles. The molecule has 0 aromatic heterocycles. The second-order valence-corrected chi connectivity index (χ2v) is 22.4. The number of rotatable bonds is 14. The van der Waals surface area contributed by atoms with Gasteiger partial charge in [0.15, 0.2) is 0 Å². The van der Waals surface area contributed by atoms with Crippen molar-refractivity contribution in [2.45, 2.75) is 155 Å². The quantitative estimate of drug-likeness (QED) is 0.143. The van der Waals surface area contributed by atoms with E-state index in [2.05, 4.69) is 99.9 Å². The third-order valence-electron chi connectivity index (χ3n) is 14.1. The van der Waals surface area contributed by atoms with Crippen molar-refractivity contribution < 1.29 is 25.9 Å². The molecule has 0 fully saturated rings. The van der Waals surface area contributed by atoms with Crippen LogP contribution in [-0.2, 0) is 56.7 Å². The topological polar surface area (TPSA) is 115 Å². The third-order valence-corrected chi connectivity index (χ3v) is 15.7. The SMILES string of the molecule is CC(C)C1=C(/C=C/C2N(CCCCS(=O)(=O)O)c3ccc4c(c3C2(C)C)CCCC4)CCC/C1=C\C=C1\N(CCCCS(=O)(=O)O)c2ccc3c(c2C1(C)C)CCCC3. The van der Waals surface area contributed by atoms with E-state index in [-0.39, 0.29) is 28.4 Å². The molecule has 322 valence electrons. The lowest BCUT2D eigenvalue weighted by Gasteiger charge is -2.33. The molecule has 0 bridgehead atoms. The molecule has 2 aromatic rings. The number of aryl methyl sites for hydroxylation is 2. The summed E-state index contributed by atoms with van der Waals surface area (Å²) in [5.41, 5.74) is 16.4. The second-order valence-electron chi connectivity index (χ2n) is 19.3. The van der Waals surface area contributed by atoms with Gasteiger partial charge in [-0.15, -0.1) is 0 Å². The highest BCUT2D eigenvalue weighted by Gasteiger charge is 2.46. The number of hydrogen-bond donors (Lipinski definition) is 2. The third kappa shape index (κ3) is 9.22. The maximum absolute atomic E-state index is 11.6. The summed E-state index contributed by atoms with van der Waals surface area (Å²) in [7, 11) is -8.01. The molecule has 2 N–H and O–H groups in total. The Labute approximate surface area is 355 Å². The number of nitrogens with zero attached hydrogens (tertiary/aromatic N) is 2. The summed E-state index contributed by atoms with van der Waals surface area (Å²) in [5.74, 6) is -0.106. The fraction of sp³-hybridized carbons (Fsp3) is 0.592. The minimum Gasteiger partial charge on any atom is -0.364 e. The summed E-state index contributed by atoms with van der Waals surface area (Å²) in [5, 5.41) is 0. The number of unbranched alkanes of at least 4 members (excludes halogenated alkanes) is 2. The van der Waals surface area contributed by atoms with Crippen molar-refractivity contribution >= 4 is 31.6 Å². The van der Waals surface area contributed by atoms with Gasteiger partial charge in [0.05, 0.1) is 17.5 Å². The van der Waals surface area contributed by atoms with Gasteiger partial charge in [-0.05, 0) is 171 Å². The van der Waals surface area contributed by atoms with Gasteiger partial charge in [-0.2, -0.15) is 16.8 Å². The van der Waals surface area contributed by atoms with Crippen LogP contribution in [0.15, 0.2) is 71.0 Å². The van der Waals surface area contributed by atoms with E-state index in [1.807, 2.05) is 0 Å². The van der Waals surface area contributed by atoms with Crippen LogP contribution in [0.1, 0.15) is 146 Å². The largest absolute Gasteiger partial charge is 0.364 e. The van der Waals surface area contributed by atoms with E-state index in [0.29, 0.717) is 38.1 Å². The van der Waals surface area contributed by atoms with E-state index in [1.54, 1.807) is 0 Å². The van der Waals surface area contributed by atoms with Crippen LogP contribution < -0.4 is 9.80 Å². The maximum Gasteiger partial charge on any atom is 0.264 e. The molecule has 8 nitrogen and oxygen atoms in total. The molecule has 2 aliphatic heterocycles. The molecule has 1 unspecified atom stereocenters. The van der Waals surface area contributed by atoms with Crippen LogP contribution in [0.4, 0.5) is 11.4 Å². The number of allylic oxidation sites excluding steroid dienone is 7. The predicted molar refractivity (Wildman–Crippen MR) is 243 cm³/mol. The van der Waals surface area contributed by atoms with Crippen molar-refractivity contribution in [2.24, 2.45) is 5.92 Å².